The van der Waals surface area contributed by atoms with Gasteiger partial charge in [-0.1, -0.05) is 63.9 Å². The number of hydrogen-bond acceptors (Lipinski definition) is 0. The lowest BCUT2D eigenvalue weighted by molar-refractivity contribution is 0.501. The Labute approximate surface area is 139 Å². The molecule has 0 spiro atoms. The van der Waals surface area contributed by atoms with E-state index in [9.17, 15) is 9.79 Å². The average molecular weight is 353 g/mol. The van der Waals surface area contributed by atoms with Gasteiger partial charge in [-0.05, 0) is 25.7 Å². The summed E-state index contributed by atoms with van der Waals surface area (Å²) in [5, 5.41) is 0.565. The lowest BCUT2D eigenvalue weighted by atomic mass is 10.1. The first-order valence-electron chi connectivity index (χ1n) is 7.93. The molecule has 0 fully saturated rings. The maximum atomic E-state index is 10.3. The van der Waals surface area contributed by atoms with Crippen molar-refractivity contribution < 1.29 is 9.79 Å². The van der Waals surface area contributed by atoms with Gasteiger partial charge >= 0.3 is 0 Å². The Kier molecular flexibility index (Phi) is 12.3. The van der Waals surface area contributed by atoms with Crippen LogP contribution in [0.1, 0.15) is 65.2 Å². The highest BCUT2D eigenvalue weighted by molar-refractivity contribution is 8.66. The first-order valence-corrected chi connectivity index (χ1v) is 12.7. The monoisotopic (exact) mass is 352 g/mol. The molecule has 0 aliphatic rings. The van der Waals surface area contributed by atoms with Gasteiger partial charge in [0.25, 0.3) is 0 Å². The highest BCUT2D eigenvalue weighted by Crippen LogP contribution is 2.51. The van der Waals surface area contributed by atoms with Gasteiger partial charge in [0.05, 0.1) is 0 Å². The predicted molar refractivity (Wildman–Crippen MR) is 104 cm³/mol. The molecule has 0 saturated carbocycles. The molecule has 2 unspecified atom stereocenters. The van der Waals surface area contributed by atoms with Crippen LogP contribution in [0.25, 0.3) is 0 Å². The SMILES string of the molecule is C=CCC(CCCC)S(C(CC=C)CCCC)=P(O)(O)S. The quantitative estimate of drug-likeness (QED) is 0.248. The first kappa shape index (κ1) is 21.5. The number of thiol groups is 1. The molecule has 0 rings (SSSR count). The number of unbranched alkanes of at least 4 members (excludes halogenated alkanes) is 2. The van der Waals surface area contributed by atoms with Crippen molar-refractivity contribution in [2.75, 3.05) is 0 Å². The van der Waals surface area contributed by atoms with Crippen LogP contribution in [0.2, 0.25) is 0 Å². The maximum Gasteiger partial charge on any atom is 0.199 e. The fourth-order valence-corrected chi connectivity index (χ4v) is 11.4. The van der Waals surface area contributed by atoms with Crippen molar-refractivity contribution in [3.05, 3.63) is 25.3 Å². The van der Waals surface area contributed by atoms with E-state index in [-0.39, 0.29) is 10.5 Å². The molecule has 0 amide bonds. The van der Waals surface area contributed by atoms with Crippen molar-refractivity contribution in [2.24, 2.45) is 0 Å². The molecule has 0 aromatic heterocycles. The molecule has 21 heavy (non-hydrogen) atoms. The standard InChI is InChI=1S/C16H33O2PS2/c1-5-9-13-15(11-7-3)21(19(17,18)20)16(12-8-4)14-10-6-2/h7-8,15-18,20H,3-6,9-14H2,1-2H3. The zero-order valence-corrected chi connectivity index (χ0v) is 16.2. The van der Waals surface area contributed by atoms with E-state index in [1.54, 1.807) is 0 Å². The Bertz CT molecular complexity index is 331. The van der Waals surface area contributed by atoms with Crippen LogP contribution in [0.15, 0.2) is 25.3 Å². The fourth-order valence-electron chi connectivity index (χ4n) is 2.58. The van der Waals surface area contributed by atoms with E-state index in [0.29, 0.717) is 0 Å². The fraction of sp³-hybridized carbons (Fsp3) is 0.750. The first-order chi connectivity index (χ1) is 9.92. The molecule has 0 aromatic carbocycles. The van der Waals surface area contributed by atoms with E-state index >= 15 is 0 Å². The number of rotatable bonds is 12. The predicted octanol–water partition coefficient (Wildman–Crippen LogP) is 5.47. The van der Waals surface area contributed by atoms with E-state index in [2.05, 4.69) is 39.3 Å². The molecular formula is C16H33O2PS2. The van der Waals surface area contributed by atoms with Crippen molar-refractivity contribution in [3.63, 3.8) is 0 Å². The second-order valence-corrected chi connectivity index (χ2v) is 13.8. The van der Waals surface area contributed by atoms with Crippen molar-refractivity contribution in [2.45, 2.75) is 75.7 Å². The third-order valence-corrected chi connectivity index (χ3v) is 11.6. The second kappa shape index (κ2) is 12.0. The zero-order valence-electron chi connectivity index (χ0n) is 13.6. The Hall–Kier alpha value is 0.530. The summed E-state index contributed by atoms with van der Waals surface area (Å²) in [6.45, 7) is 12.0. The zero-order chi connectivity index (χ0) is 16.3. The molecule has 0 bridgehead atoms. The molecule has 0 saturated heterocycles. The van der Waals surface area contributed by atoms with Gasteiger partial charge in [-0.15, -0.1) is 23.2 Å². The van der Waals surface area contributed by atoms with Gasteiger partial charge in [0.2, 0.25) is 0 Å². The topological polar surface area (TPSA) is 40.5 Å². The maximum absolute atomic E-state index is 10.3. The van der Waals surface area contributed by atoms with E-state index in [1.807, 2.05) is 12.2 Å². The molecule has 0 heterocycles. The molecule has 0 aromatic rings. The summed E-state index contributed by atoms with van der Waals surface area (Å²) in [5.41, 5.74) is -3.15. The normalized spacial score (nSPS) is 16.2. The molecule has 5 heteroatoms. The summed E-state index contributed by atoms with van der Waals surface area (Å²) in [6.07, 6.45) is 12.0. The number of hydrogen-bond donors (Lipinski definition) is 3. The van der Waals surface area contributed by atoms with Crippen LogP contribution in [0.4, 0.5) is 0 Å². The Morgan fingerprint density at radius 1 is 1.00 bits per heavy atom. The Balaban J connectivity index is 5.48. The third kappa shape index (κ3) is 8.66. The van der Waals surface area contributed by atoms with Gasteiger partial charge in [-0.3, -0.25) is 0 Å². The van der Waals surface area contributed by atoms with Gasteiger partial charge < -0.3 is 9.79 Å². The molecular weight excluding hydrogens is 319 g/mol. The van der Waals surface area contributed by atoms with E-state index in [4.69, 9.17) is 0 Å². The summed E-state index contributed by atoms with van der Waals surface area (Å²) >= 11 is 4.22. The van der Waals surface area contributed by atoms with Gasteiger partial charge in [0.15, 0.2) is 5.69 Å². The summed E-state index contributed by atoms with van der Waals surface area (Å²) in [6, 6.07) is 0. The molecule has 2 N–H and O–H groups in total. The van der Waals surface area contributed by atoms with Crippen molar-refractivity contribution in [1.82, 2.24) is 0 Å². The van der Waals surface area contributed by atoms with Crippen LogP contribution in [0.5, 0.6) is 0 Å². The van der Waals surface area contributed by atoms with Crippen molar-refractivity contribution in [1.29, 1.82) is 0 Å². The lowest BCUT2D eigenvalue weighted by Gasteiger charge is -2.31. The number of allylic oxidation sites excluding steroid dienone is 2. The highest BCUT2D eigenvalue weighted by Gasteiger charge is 2.26. The minimum atomic E-state index is -3.15. The largest absolute Gasteiger partial charge is 0.341 e. The van der Waals surface area contributed by atoms with Crippen LogP contribution < -0.4 is 0 Å². The lowest BCUT2D eigenvalue weighted by Crippen LogP contribution is -2.26. The molecule has 0 aliphatic carbocycles. The summed E-state index contributed by atoms with van der Waals surface area (Å²) in [4.78, 5) is 20.7. The van der Waals surface area contributed by atoms with Crippen LogP contribution >= 0.6 is 17.9 Å². The van der Waals surface area contributed by atoms with Crippen molar-refractivity contribution in [3.8, 4) is 0 Å². The Morgan fingerprint density at radius 2 is 1.38 bits per heavy atom. The molecule has 0 aliphatic heterocycles. The minimum absolute atomic E-state index is 0.282. The minimum Gasteiger partial charge on any atom is -0.341 e. The van der Waals surface area contributed by atoms with E-state index < -0.39 is 15.8 Å². The molecule has 2 atom stereocenters. The van der Waals surface area contributed by atoms with E-state index in [1.165, 1.54) is 0 Å². The van der Waals surface area contributed by atoms with Gasteiger partial charge in [0.1, 0.15) is 0 Å². The van der Waals surface area contributed by atoms with Crippen LogP contribution in [-0.2, 0) is 10.1 Å². The summed E-state index contributed by atoms with van der Waals surface area (Å²) < 4.78 is 0. The molecule has 126 valence electrons. The van der Waals surface area contributed by atoms with Crippen molar-refractivity contribution >= 4 is 28.0 Å². The van der Waals surface area contributed by atoms with Crippen LogP contribution in [0, 0.1) is 0 Å². The van der Waals surface area contributed by atoms with Crippen LogP contribution in [-0.4, -0.2) is 20.3 Å². The van der Waals surface area contributed by atoms with Gasteiger partial charge in [0, 0.05) is 10.5 Å². The summed E-state index contributed by atoms with van der Waals surface area (Å²) in [7, 11) is -0.476. The van der Waals surface area contributed by atoms with Crippen LogP contribution in [0.3, 0.4) is 0 Å². The third-order valence-electron chi connectivity index (χ3n) is 3.58. The smallest absolute Gasteiger partial charge is 0.199 e. The molecule has 0 radical (unpaired) electrons. The summed E-state index contributed by atoms with van der Waals surface area (Å²) in [5.74, 6) is 0. The second-order valence-electron chi connectivity index (χ2n) is 5.44. The Morgan fingerprint density at radius 3 is 1.62 bits per heavy atom. The van der Waals surface area contributed by atoms with Gasteiger partial charge in [-0.25, -0.2) is 0 Å². The average Bonchev–Trinajstić information content (AvgIpc) is 2.40. The highest BCUT2D eigenvalue weighted by atomic mass is 32.9. The van der Waals surface area contributed by atoms with Gasteiger partial charge in [-0.2, -0.15) is 0 Å². The molecule has 2 nitrogen and oxygen atoms in total. The van der Waals surface area contributed by atoms with E-state index in [0.717, 1.165) is 51.4 Å².